The normalized spacial score (nSPS) is 14.3. The number of methoxy groups -OCH3 is 3. The van der Waals surface area contributed by atoms with Gasteiger partial charge in [0.2, 0.25) is 0 Å². The zero-order valence-electron chi connectivity index (χ0n) is 24.5. The van der Waals surface area contributed by atoms with Crippen LogP contribution in [0.4, 0.5) is 24.5 Å². The van der Waals surface area contributed by atoms with Gasteiger partial charge in [0.25, 0.3) is 0 Å². The van der Waals surface area contributed by atoms with Crippen LogP contribution in [0.1, 0.15) is 11.1 Å². The molecule has 5 rings (SSSR count). The molecule has 4 aromatic carbocycles. The molecule has 224 valence electrons. The summed E-state index contributed by atoms with van der Waals surface area (Å²) < 4.78 is 61.0. The van der Waals surface area contributed by atoms with Crippen LogP contribution in [0.2, 0.25) is 0 Å². The van der Waals surface area contributed by atoms with Gasteiger partial charge in [-0.15, -0.1) is 11.8 Å². The molecule has 0 saturated carbocycles. The Kier molecular flexibility index (Phi) is 8.96. The number of ether oxygens (including phenoxy) is 3. The molecule has 0 aliphatic carbocycles. The second kappa shape index (κ2) is 12.8. The lowest BCUT2D eigenvalue weighted by molar-refractivity contribution is 0.355. The summed E-state index contributed by atoms with van der Waals surface area (Å²) in [6, 6.07) is 20.3. The minimum absolute atomic E-state index is 0.0269. The lowest BCUT2D eigenvalue weighted by Crippen LogP contribution is -2.38. The van der Waals surface area contributed by atoms with E-state index in [0.717, 1.165) is 16.8 Å². The Morgan fingerprint density at radius 2 is 1.44 bits per heavy atom. The van der Waals surface area contributed by atoms with Gasteiger partial charge < -0.3 is 24.4 Å². The Morgan fingerprint density at radius 1 is 0.767 bits per heavy atom. The van der Waals surface area contributed by atoms with Crippen LogP contribution in [0.15, 0.2) is 84.8 Å². The van der Waals surface area contributed by atoms with Crippen LogP contribution in [0.5, 0.6) is 17.2 Å². The molecule has 1 unspecified atom stereocenters. The van der Waals surface area contributed by atoms with Crippen molar-refractivity contribution in [1.29, 1.82) is 0 Å². The van der Waals surface area contributed by atoms with Crippen molar-refractivity contribution in [2.75, 3.05) is 38.2 Å². The molecule has 1 aliphatic rings. The minimum Gasteiger partial charge on any atom is -0.494 e. The Morgan fingerprint density at radius 3 is 2.09 bits per heavy atom. The van der Waals surface area contributed by atoms with Crippen molar-refractivity contribution < 1.29 is 27.4 Å². The summed E-state index contributed by atoms with van der Waals surface area (Å²) in [5, 5.41) is 3.31. The van der Waals surface area contributed by atoms with Crippen LogP contribution in [0, 0.1) is 24.4 Å². The number of halogens is 3. The maximum Gasteiger partial charge on any atom is 0.165 e. The topological polar surface area (TPSA) is 46.2 Å². The Hall–Kier alpha value is -4.44. The largest absolute Gasteiger partial charge is 0.494 e. The molecule has 0 amide bonds. The fourth-order valence-electron chi connectivity index (χ4n) is 4.84. The molecule has 0 saturated heterocycles. The molecular formula is C33H32F3N3O3S. The summed E-state index contributed by atoms with van der Waals surface area (Å²) in [5.74, 6) is 0.222. The summed E-state index contributed by atoms with van der Waals surface area (Å²) in [7, 11) is 6.40. The average molecular weight is 608 g/mol. The van der Waals surface area contributed by atoms with E-state index in [0.29, 0.717) is 28.6 Å². The molecule has 1 atom stereocenters. The fraction of sp³-hybridized carbons (Fsp3) is 0.212. The number of thioether (sulfide) groups is 1. The molecule has 6 nitrogen and oxygen atoms in total. The van der Waals surface area contributed by atoms with Crippen molar-refractivity contribution >= 4 is 23.1 Å². The number of rotatable bonds is 10. The van der Waals surface area contributed by atoms with Gasteiger partial charge in [-0.25, -0.2) is 13.2 Å². The number of benzene rings is 4. The first kappa shape index (κ1) is 30.0. The second-order valence-electron chi connectivity index (χ2n) is 9.90. The van der Waals surface area contributed by atoms with E-state index in [2.05, 4.69) is 5.32 Å². The SMILES string of the molecule is COc1cc(N2C(N(C)c3ccc(OC)c(OC)c3)=CNC2SCc2c(F)cc(-c3ccc(C)cc3)cc2F)ccc1F. The molecule has 0 aromatic heterocycles. The monoisotopic (exact) mass is 607 g/mol. The highest BCUT2D eigenvalue weighted by atomic mass is 32.2. The van der Waals surface area contributed by atoms with Crippen LogP contribution in [-0.4, -0.2) is 33.9 Å². The zero-order valence-corrected chi connectivity index (χ0v) is 25.3. The van der Waals surface area contributed by atoms with E-state index in [1.165, 1.54) is 37.1 Å². The standard InChI is InChI=1S/C33H32F3N3O3S/c1-20-6-8-21(9-7-20)22-14-27(35)25(28(36)15-22)19-43-33-37-18-32(39(33)24-10-12-26(34)30(17-24)41-4)38(2)23-11-13-29(40-3)31(16-23)42-5/h6-18,33,37H,19H2,1-5H3. The third-order valence-corrected chi connectivity index (χ3v) is 8.38. The van der Waals surface area contributed by atoms with Gasteiger partial charge in [-0.3, -0.25) is 4.90 Å². The lowest BCUT2D eigenvalue weighted by Gasteiger charge is -2.33. The molecular weight excluding hydrogens is 575 g/mol. The highest BCUT2D eigenvalue weighted by molar-refractivity contribution is 7.99. The van der Waals surface area contributed by atoms with Gasteiger partial charge in [0.1, 0.15) is 17.5 Å². The molecule has 1 aliphatic heterocycles. The van der Waals surface area contributed by atoms with Gasteiger partial charge >= 0.3 is 0 Å². The van der Waals surface area contributed by atoms with E-state index in [1.54, 1.807) is 38.6 Å². The molecule has 43 heavy (non-hydrogen) atoms. The number of nitrogens with one attached hydrogen (secondary N) is 1. The van der Waals surface area contributed by atoms with Crippen molar-refractivity contribution in [3.63, 3.8) is 0 Å². The molecule has 0 spiro atoms. The maximum absolute atomic E-state index is 15.3. The molecule has 1 N–H and O–H groups in total. The third-order valence-electron chi connectivity index (χ3n) is 7.26. The van der Waals surface area contributed by atoms with Crippen molar-refractivity contribution in [1.82, 2.24) is 5.32 Å². The van der Waals surface area contributed by atoms with Crippen molar-refractivity contribution in [3.8, 4) is 28.4 Å². The number of nitrogens with zero attached hydrogens (tertiary/aromatic N) is 2. The van der Waals surface area contributed by atoms with Crippen LogP contribution < -0.4 is 29.3 Å². The van der Waals surface area contributed by atoms with Gasteiger partial charge in [0, 0.05) is 48.1 Å². The summed E-state index contributed by atoms with van der Waals surface area (Å²) in [5.41, 5.74) is 3.18. The molecule has 1 heterocycles. The van der Waals surface area contributed by atoms with Crippen LogP contribution in [-0.2, 0) is 5.75 Å². The summed E-state index contributed by atoms with van der Waals surface area (Å²) >= 11 is 1.30. The Balaban J connectivity index is 1.44. The zero-order chi connectivity index (χ0) is 30.7. The first-order chi connectivity index (χ1) is 20.7. The fourth-order valence-corrected chi connectivity index (χ4v) is 5.98. The van der Waals surface area contributed by atoms with E-state index in [-0.39, 0.29) is 17.1 Å². The number of aryl methyl sites for hydroxylation is 1. The number of hydrogen-bond acceptors (Lipinski definition) is 7. The van der Waals surface area contributed by atoms with Crippen molar-refractivity contribution in [3.05, 3.63) is 113 Å². The van der Waals surface area contributed by atoms with Crippen molar-refractivity contribution in [2.45, 2.75) is 18.2 Å². The molecule has 0 fully saturated rings. The number of hydrogen-bond donors (Lipinski definition) is 1. The summed E-state index contributed by atoms with van der Waals surface area (Å²) in [6.07, 6.45) is 1.80. The first-order valence-corrected chi connectivity index (χ1v) is 14.5. The van der Waals surface area contributed by atoms with Gasteiger partial charge in [0.05, 0.1) is 21.3 Å². The van der Waals surface area contributed by atoms with Gasteiger partial charge in [-0.2, -0.15) is 0 Å². The van der Waals surface area contributed by atoms with E-state index >= 15 is 8.78 Å². The second-order valence-corrected chi connectivity index (χ2v) is 11.0. The van der Waals surface area contributed by atoms with Crippen LogP contribution >= 0.6 is 11.8 Å². The lowest BCUT2D eigenvalue weighted by atomic mass is 10.0. The maximum atomic E-state index is 15.3. The van der Waals surface area contributed by atoms with E-state index in [9.17, 15) is 4.39 Å². The van der Waals surface area contributed by atoms with Crippen LogP contribution in [0.25, 0.3) is 11.1 Å². The van der Waals surface area contributed by atoms with Crippen LogP contribution in [0.3, 0.4) is 0 Å². The highest BCUT2D eigenvalue weighted by Gasteiger charge is 2.32. The predicted octanol–water partition coefficient (Wildman–Crippen LogP) is 7.67. The predicted molar refractivity (Wildman–Crippen MR) is 166 cm³/mol. The van der Waals surface area contributed by atoms with Gasteiger partial charge in [-0.1, -0.05) is 29.8 Å². The average Bonchev–Trinajstić information content (AvgIpc) is 3.44. The van der Waals surface area contributed by atoms with Gasteiger partial charge in [-0.05, 0) is 54.4 Å². The molecule has 10 heteroatoms. The van der Waals surface area contributed by atoms with Gasteiger partial charge in [0.15, 0.2) is 28.6 Å². The highest BCUT2D eigenvalue weighted by Crippen LogP contribution is 2.39. The minimum atomic E-state index is -0.619. The van der Waals surface area contributed by atoms with E-state index in [1.807, 2.05) is 60.2 Å². The molecule has 0 radical (unpaired) electrons. The van der Waals surface area contributed by atoms with E-state index < -0.39 is 22.9 Å². The number of anilines is 2. The summed E-state index contributed by atoms with van der Waals surface area (Å²) in [4.78, 5) is 3.84. The first-order valence-electron chi connectivity index (χ1n) is 13.4. The molecule has 0 bridgehead atoms. The Labute approximate surface area is 253 Å². The quantitative estimate of drug-likeness (QED) is 0.199. The van der Waals surface area contributed by atoms with Crippen molar-refractivity contribution in [2.24, 2.45) is 0 Å². The Bertz CT molecular complexity index is 1630. The van der Waals surface area contributed by atoms with E-state index in [4.69, 9.17) is 14.2 Å². The summed E-state index contributed by atoms with van der Waals surface area (Å²) in [6.45, 7) is 1.96. The third kappa shape index (κ3) is 6.19. The smallest absolute Gasteiger partial charge is 0.165 e. The molecule has 4 aromatic rings.